The van der Waals surface area contributed by atoms with Crippen molar-refractivity contribution in [1.82, 2.24) is 24.6 Å². The van der Waals surface area contributed by atoms with Crippen LogP contribution in [0.25, 0.3) is 26.8 Å². The molecular formula is C24H18N6O4S2. The van der Waals surface area contributed by atoms with Gasteiger partial charge in [0.05, 0.1) is 23.9 Å². The van der Waals surface area contributed by atoms with Gasteiger partial charge in [-0.2, -0.15) is 5.10 Å². The third-order valence-corrected chi connectivity index (χ3v) is 8.14. The highest BCUT2D eigenvalue weighted by Gasteiger charge is 2.21. The molecule has 5 aromatic rings. The first kappa shape index (κ1) is 22.3. The second-order valence-electron chi connectivity index (χ2n) is 8.12. The van der Waals surface area contributed by atoms with E-state index < -0.39 is 10.0 Å². The Morgan fingerprint density at radius 2 is 1.89 bits per heavy atom. The number of carbonyl (C=O) groups is 1. The molecule has 0 unspecified atom stereocenters. The van der Waals surface area contributed by atoms with Crippen molar-refractivity contribution in [3.05, 3.63) is 72.3 Å². The summed E-state index contributed by atoms with van der Waals surface area (Å²) >= 11 is 1.35. The van der Waals surface area contributed by atoms with Gasteiger partial charge in [-0.1, -0.05) is 23.5 Å². The van der Waals surface area contributed by atoms with E-state index in [0.29, 0.717) is 27.5 Å². The molecule has 12 heteroatoms. The summed E-state index contributed by atoms with van der Waals surface area (Å²) in [6.45, 7) is 0. The second kappa shape index (κ2) is 8.50. The number of nitrogens with one attached hydrogen (secondary N) is 1. The van der Waals surface area contributed by atoms with E-state index in [1.54, 1.807) is 41.3 Å². The molecule has 0 spiro atoms. The molecule has 0 saturated heterocycles. The van der Waals surface area contributed by atoms with Crippen LogP contribution < -0.4 is 9.46 Å². The number of pyridine rings is 2. The number of anilines is 1. The first-order valence-corrected chi connectivity index (χ1v) is 13.2. The predicted octanol–water partition coefficient (Wildman–Crippen LogP) is 3.85. The average Bonchev–Trinajstić information content (AvgIpc) is 3.48. The number of sulfonamides is 1. The maximum Gasteiger partial charge on any atom is 0.262 e. The van der Waals surface area contributed by atoms with E-state index in [4.69, 9.17) is 9.84 Å². The van der Waals surface area contributed by atoms with Gasteiger partial charge in [-0.05, 0) is 36.8 Å². The number of fused-ring (bicyclic) bond motifs is 9. The van der Waals surface area contributed by atoms with E-state index in [-0.39, 0.29) is 28.7 Å². The molecule has 36 heavy (non-hydrogen) atoms. The van der Waals surface area contributed by atoms with Crippen LogP contribution >= 0.6 is 11.3 Å². The SMILES string of the molecule is COc1ncc2cc1NS(=O)(=O)c1cccc(c1)C(=O)CCc1cc(ccn1)-c1cnc3sc-2nn13. The van der Waals surface area contributed by atoms with E-state index in [9.17, 15) is 13.2 Å². The molecule has 0 radical (unpaired) electrons. The molecule has 4 aromatic heterocycles. The van der Waals surface area contributed by atoms with Gasteiger partial charge in [0.1, 0.15) is 10.7 Å². The number of aryl methyl sites for hydroxylation is 1. The fourth-order valence-corrected chi connectivity index (χ4v) is 5.96. The molecule has 1 N–H and O–H groups in total. The third-order valence-electron chi connectivity index (χ3n) is 5.81. The Hall–Kier alpha value is -4.16. The van der Waals surface area contributed by atoms with Crippen LogP contribution in [0.3, 0.4) is 0 Å². The number of ketones is 1. The molecule has 1 aliphatic rings. The number of carbonyl (C=O) groups excluding carboxylic acids is 1. The summed E-state index contributed by atoms with van der Waals surface area (Å²) in [5, 5.41) is 5.32. The smallest absolute Gasteiger partial charge is 0.262 e. The zero-order valence-electron chi connectivity index (χ0n) is 18.9. The number of Topliss-reactive ketones (excluding diaryl/α,β-unsaturated/α-hetero) is 1. The van der Waals surface area contributed by atoms with Crippen molar-refractivity contribution in [2.24, 2.45) is 0 Å². The van der Waals surface area contributed by atoms with E-state index >= 15 is 0 Å². The minimum atomic E-state index is -4.04. The average molecular weight is 519 g/mol. The molecule has 6 rings (SSSR count). The summed E-state index contributed by atoms with van der Waals surface area (Å²) in [5.41, 5.74) is 3.44. The summed E-state index contributed by atoms with van der Waals surface area (Å²) in [5.74, 6) is -0.0761. The lowest BCUT2D eigenvalue weighted by Crippen LogP contribution is -2.15. The van der Waals surface area contributed by atoms with Crippen LogP contribution in [0.4, 0.5) is 5.69 Å². The lowest BCUT2D eigenvalue weighted by atomic mass is 10.0. The zero-order chi connectivity index (χ0) is 24.9. The van der Waals surface area contributed by atoms with Crippen molar-refractivity contribution in [2.75, 3.05) is 11.8 Å². The van der Waals surface area contributed by atoms with Crippen LogP contribution in [0.5, 0.6) is 5.88 Å². The lowest BCUT2D eigenvalue weighted by molar-refractivity contribution is 0.0982. The number of rotatable bonds is 1. The van der Waals surface area contributed by atoms with E-state index in [1.807, 2.05) is 12.1 Å². The number of ether oxygens (including phenoxy) is 1. The molecule has 0 atom stereocenters. The molecule has 0 amide bonds. The molecule has 5 heterocycles. The number of benzene rings is 1. The first-order chi connectivity index (χ1) is 17.4. The van der Waals surface area contributed by atoms with Gasteiger partial charge in [0.2, 0.25) is 10.8 Å². The summed E-state index contributed by atoms with van der Waals surface area (Å²) < 4.78 is 36.0. The highest BCUT2D eigenvalue weighted by molar-refractivity contribution is 7.92. The zero-order valence-corrected chi connectivity index (χ0v) is 20.5. The van der Waals surface area contributed by atoms with Crippen molar-refractivity contribution >= 4 is 37.8 Å². The molecule has 8 bridgehead atoms. The van der Waals surface area contributed by atoms with Crippen molar-refractivity contribution in [2.45, 2.75) is 17.7 Å². The number of aromatic nitrogens is 5. The van der Waals surface area contributed by atoms with Gasteiger partial charge in [0, 0.05) is 41.2 Å². The molecule has 1 aliphatic heterocycles. The number of hydrogen-bond donors (Lipinski definition) is 1. The van der Waals surface area contributed by atoms with Gasteiger partial charge in [-0.15, -0.1) is 0 Å². The Kier molecular flexibility index (Phi) is 5.27. The minimum absolute atomic E-state index is 0.0422. The van der Waals surface area contributed by atoms with E-state index in [1.165, 1.54) is 30.6 Å². The van der Waals surface area contributed by atoms with Crippen LogP contribution in [0.15, 0.2) is 66.0 Å². The second-order valence-corrected chi connectivity index (χ2v) is 10.8. The fraction of sp³-hybridized carbons (Fsp3) is 0.125. The van der Waals surface area contributed by atoms with Crippen LogP contribution in [0.1, 0.15) is 22.5 Å². The Balaban J connectivity index is 1.56. The van der Waals surface area contributed by atoms with Gasteiger partial charge in [0.15, 0.2) is 5.78 Å². The summed E-state index contributed by atoms with van der Waals surface area (Å²) in [6.07, 6.45) is 5.58. The van der Waals surface area contributed by atoms with Crippen molar-refractivity contribution < 1.29 is 17.9 Å². The summed E-state index contributed by atoms with van der Waals surface area (Å²) in [6, 6.07) is 11.4. The molecule has 10 nitrogen and oxygen atoms in total. The van der Waals surface area contributed by atoms with Crippen molar-refractivity contribution in [3.63, 3.8) is 0 Å². The molecular weight excluding hydrogens is 500 g/mol. The third kappa shape index (κ3) is 3.89. The van der Waals surface area contributed by atoms with Gasteiger partial charge in [-0.25, -0.2) is 22.9 Å². The topological polar surface area (TPSA) is 128 Å². The van der Waals surface area contributed by atoms with E-state index in [0.717, 1.165) is 17.0 Å². The monoisotopic (exact) mass is 518 g/mol. The van der Waals surface area contributed by atoms with E-state index in [2.05, 4.69) is 19.7 Å². The number of hydrogen-bond acceptors (Lipinski definition) is 9. The molecule has 0 fully saturated rings. The lowest BCUT2D eigenvalue weighted by Gasteiger charge is -2.13. The van der Waals surface area contributed by atoms with Crippen molar-refractivity contribution in [3.8, 4) is 27.7 Å². The van der Waals surface area contributed by atoms with Gasteiger partial charge in [0.25, 0.3) is 10.0 Å². The normalized spacial score (nSPS) is 14.8. The van der Waals surface area contributed by atoms with Gasteiger partial charge < -0.3 is 4.74 Å². The maximum absolute atomic E-state index is 13.2. The minimum Gasteiger partial charge on any atom is -0.480 e. The molecule has 1 aromatic carbocycles. The Morgan fingerprint density at radius 1 is 1.00 bits per heavy atom. The van der Waals surface area contributed by atoms with Crippen LogP contribution in [0, 0.1) is 0 Å². The first-order valence-electron chi connectivity index (χ1n) is 10.9. The molecule has 0 aliphatic carbocycles. The van der Waals surface area contributed by atoms with Crippen LogP contribution in [-0.4, -0.2) is 45.9 Å². The van der Waals surface area contributed by atoms with Gasteiger partial charge in [-0.3, -0.25) is 14.5 Å². The summed E-state index contributed by atoms with van der Waals surface area (Å²) in [7, 11) is -2.64. The van der Waals surface area contributed by atoms with Crippen LogP contribution in [-0.2, 0) is 16.4 Å². The predicted molar refractivity (Wildman–Crippen MR) is 134 cm³/mol. The van der Waals surface area contributed by atoms with Crippen LogP contribution in [0.2, 0.25) is 0 Å². The molecule has 0 saturated carbocycles. The maximum atomic E-state index is 13.2. The van der Waals surface area contributed by atoms with Crippen molar-refractivity contribution in [1.29, 1.82) is 0 Å². The quantitative estimate of drug-likeness (QED) is 0.354. The highest BCUT2D eigenvalue weighted by Crippen LogP contribution is 2.34. The standard InChI is InChI=1S/C24H18N6O4S2/c1-34-22-19-11-16(12-26-22)23-28-30-20(13-27-24(30)35-23)14-7-8-25-17(9-14)5-6-21(31)15-3-2-4-18(10-15)36(32,33)29-19/h2-4,7-13,29H,5-6H2,1H3. The number of imidazole rings is 1. The largest absolute Gasteiger partial charge is 0.480 e. The van der Waals surface area contributed by atoms with Gasteiger partial charge >= 0.3 is 0 Å². The summed E-state index contributed by atoms with van der Waals surface area (Å²) in [4.78, 5) is 26.7. The number of methoxy groups -OCH3 is 1. The fourth-order valence-electron chi connectivity index (χ4n) is 4.01. The number of nitrogens with zero attached hydrogens (tertiary/aromatic N) is 5. The Bertz CT molecular complexity index is 1760. The Labute approximate surface area is 209 Å². The molecule has 180 valence electrons. The highest BCUT2D eigenvalue weighted by atomic mass is 32.2. The Morgan fingerprint density at radius 3 is 2.75 bits per heavy atom.